The summed E-state index contributed by atoms with van der Waals surface area (Å²) in [6.07, 6.45) is 3.54. The number of nitrogens with one attached hydrogen (secondary N) is 3. The number of carbonyl (C=O) groups excluding carboxylic acids is 5. The molecule has 1 saturated carbocycles. The zero-order valence-electron chi connectivity index (χ0n) is 51.0. The van der Waals surface area contributed by atoms with Gasteiger partial charge in [-0.2, -0.15) is 0 Å². The molecule has 2 aliphatic heterocycles. The van der Waals surface area contributed by atoms with Crippen LogP contribution in [0.1, 0.15) is 112 Å². The number of likely N-dealkylation sites (tertiary alicyclic amines) is 2. The molecule has 23 heteroatoms. The zero-order valence-corrected chi connectivity index (χ0v) is 51.8. The second-order valence-electron chi connectivity index (χ2n) is 23.2. The largest absolute Gasteiger partial charge is 0.481 e. The van der Waals surface area contributed by atoms with E-state index < -0.39 is 81.4 Å². The Morgan fingerprint density at radius 2 is 1.33 bits per heavy atom. The summed E-state index contributed by atoms with van der Waals surface area (Å²) in [5.74, 6) is -4.47. The fraction of sp³-hybridized carbons (Fsp3) is 0.797. The van der Waals surface area contributed by atoms with Gasteiger partial charge in [0.25, 0.3) is 5.91 Å². The topological polar surface area (TPSA) is 261 Å². The number of sulfonamides is 1. The third kappa shape index (κ3) is 22.3. The number of likely N-dealkylation sites (N-methyl/N-ethyl adjacent to an activating group) is 2. The lowest BCUT2D eigenvalue weighted by molar-refractivity contribution is -0.148. The average molecular weight is 1180 g/mol. The third-order valence-electron chi connectivity index (χ3n) is 16.4. The van der Waals surface area contributed by atoms with Gasteiger partial charge >= 0.3 is 5.97 Å². The van der Waals surface area contributed by atoms with E-state index in [1.165, 1.54) is 14.2 Å². The summed E-state index contributed by atoms with van der Waals surface area (Å²) in [4.78, 5) is 89.7. The first-order chi connectivity index (χ1) is 39.1. The summed E-state index contributed by atoms with van der Waals surface area (Å²) in [6, 6.07) is 5.28. The molecule has 82 heavy (non-hydrogen) atoms. The maximum atomic E-state index is 14.7. The van der Waals surface area contributed by atoms with Gasteiger partial charge in [-0.05, 0) is 88.4 Å². The summed E-state index contributed by atoms with van der Waals surface area (Å²) < 4.78 is 62.7. The number of carboxylic acid groups (broad SMARTS) is 1. The summed E-state index contributed by atoms with van der Waals surface area (Å²) >= 11 is 0. The van der Waals surface area contributed by atoms with Crippen LogP contribution in [0.5, 0.6) is 0 Å². The van der Waals surface area contributed by atoms with E-state index in [4.69, 9.17) is 28.4 Å². The normalized spacial score (nSPS) is 19.3. The van der Waals surface area contributed by atoms with Crippen molar-refractivity contribution in [3.05, 3.63) is 35.9 Å². The zero-order chi connectivity index (χ0) is 60.5. The van der Waals surface area contributed by atoms with Gasteiger partial charge in [0.1, 0.15) is 12.1 Å². The molecule has 1 aromatic rings. The van der Waals surface area contributed by atoms with E-state index in [2.05, 4.69) is 20.3 Å². The van der Waals surface area contributed by atoms with Gasteiger partial charge in [-0.25, -0.2) is 8.42 Å². The molecule has 9 unspecified atom stereocenters. The number of nitrogens with zero attached hydrogens (tertiary/aromatic N) is 4. The highest BCUT2D eigenvalue weighted by Gasteiger charge is 2.44. The van der Waals surface area contributed by atoms with Crippen LogP contribution in [0.25, 0.3) is 0 Å². The van der Waals surface area contributed by atoms with Crippen LogP contribution in [0.15, 0.2) is 30.3 Å². The van der Waals surface area contributed by atoms with Gasteiger partial charge in [0.05, 0.1) is 100 Å². The van der Waals surface area contributed by atoms with Crippen LogP contribution in [0.3, 0.4) is 0 Å². The lowest BCUT2D eigenvalue weighted by Crippen LogP contribution is -2.60. The Balaban J connectivity index is 1.26. The Labute approximate surface area is 489 Å². The fourth-order valence-electron chi connectivity index (χ4n) is 11.2. The predicted octanol–water partition coefficient (Wildman–Crippen LogP) is 3.59. The Bertz CT molecular complexity index is 2220. The number of carboxylic acids is 1. The van der Waals surface area contributed by atoms with Crippen molar-refractivity contribution in [3.63, 3.8) is 0 Å². The Kier molecular flexibility index (Phi) is 30.7. The van der Waals surface area contributed by atoms with E-state index in [0.717, 1.165) is 31.6 Å². The van der Waals surface area contributed by atoms with Crippen molar-refractivity contribution < 1.29 is 70.7 Å². The summed E-state index contributed by atoms with van der Waals surface area (Å²) in [5.41, 5.74) is 0.728. The molecule has 3 aliphatic rings. The van der Waals surface area contributed by atoms with E-state index in [0.29, 0.717) is 111 Å². The molecule has 1 aliphatic carbocycles. The van der Waals surface area contributed by atoms with Gasteiger partial charge in [0, 0.05) is 53.9 Å². The van der Waals surface area contributed by atoms with Crippen molar-refractivity contribution in [1.29, 1.82) is 0 Å². The molecule has 4 N–H and O–H groups in total. The van der Waals surface area contributed by atoms with Crippen LogP contribution < -0.4 is 15.4 Å². The summed E-state index contributed by atoms with van der Waals surface area (Å²) in [6.45, 7) is 20.3. The molecule has 1 aromatic carbocycles. The minimum absolute atomic E-state index is 0.0546. The highest BCUT2D eigenvalue weighted by atomic mass is 32.2. The van der Waals surface area contributed by atoms with Gasteiger partial charge in [-0.3, -0.25) is 38.4 Å². The number of rotatable bonds is 40. The SMILES string of the molecule is CCC(C)C(C(CC(=O)N1CCCC1C(OC)C(C)C(=O)NC(Cc1ccccc1)C(=O)NS(=O)(=O)C1CC1)OC)N(C)C(=O)C(NC(=O)C(C(C)C)N(C)CCOCCOCCOCCOCCCN1CCC(C(=O)O)CC1)C(C)C. The maximum Gasteiger partial charge on any atom is 0.306 e. The standard InChI is InChI=1S/C59H101N7O15S/c1-12-42(6)53(49(76-10)39-50(67)66-26-16-20-48(66)54(77-11)43(7)55(68)60-47(38-44-18-14-13-15-19-44)56(69)62-82(74,75)46-21-22-46)64(9)58(71)51(40(2)3)61-57(70)52(41(4)5)63(8)29-31-79-33-35-81-37-36-80-34-32-78-30-17-25-65-27-23-45(24-28-65)59(72)73/h13-15,18-19,40-43,45-49,51-54H,12,16-17,20-39H2,1-11H3,(H,60,68)(H,61,70)(H,62,69)(H,72,73). The van der Waals surface area contributed by atoms with Gasteiger partial charge in [-0.15, -0.1) is 0 Å². The van der Waals surface area contributed by atoms with E-state index in [9.17, 15) is 42.3 Å². The van der Waals surface area contributed by atoms with Crippen LogP contribution in [0, 0.1) is 29.6 Å². The molecule has 0 spiro atoms. The number of hydrogen-bond acceptors (Lipinski definition) is 16. The molecular weight excluding hydrogens is 1080 g/mol. The van der Waals surface area contributed by atoms with Crippen LogP contribution in [0.2, 0.25) is 0 Å². The molecule has 2 heterocycles. The molecule has 0 bridgehead atoms. The molecule has 2 saturated heterocycles. The molecule has 4 rings (SSSR count). The van der Waals surface area contributed by atoms with Crippen LogP contribution in [-0.4, -0.2) is 230 Å². The first-order valence-electron chi connectivity index (χ1n) is 29.8. The van der Waals surface area contributed by atoms with Crippen LogP contribution in [-0.2, 0) is 73.6 Å². The predicted molar refractivity (Wildman–Crippen MR) is 311 cm³/mol. The number of aliphatic carboxylic acids is 1. The Morgan fingerprint density at radius 3 is 1.87 bits per heavy atom. The van der Waals surface area contributed by atoms with Crippen molar-refractivity contribution in [3.8, 4) is 0 Å². The van der Waals surface area contributed by atoms with Gasteiger partial charge in [0.15, 0.2) is 0 Å². The number of amides is 5. The number of piperidine rings is 1. The second-order valence-corrected chi connectivity index (χ2v) is 25.2. The van der Waals surface area contributed by atoms with E-state index in [1.807, 2.05) is 59.6 Å². The van der Waals surface area contributed by atoms with E-state index >= 15 is 0 Å². The van der Waals surface area contributed by atoms with Crippen LogP contribution in [0.4, 0.5) is 0 Å². The van der Waals surface area contributed by atoms with Gasteiger partial charge in [-0.1, -0.05) is 85.2 Å². The van der Waals surface area contributed by atoms with E-state index in [1.54, 1.807) is 48.0 Å². The molecule has 22 nitrogen and oxygen atoms in total. The lowest BCUT2D eigenvalue weighted by Gasteiger charge is -2.41. The summed E-state index contributed by atoms with van der Waals surface area (Å²) in [7, 11) is 2.67. The molecular formula is C59H101N7O15S. The highest BCUT2D eigenvalue weighted by molar-refractivity contribution is 7.90. The van der Waals surface area contributed by atoms with Crippen molar-refractivity contribution in [2.75, 3.05) is 114 Å². The molecule has 5 amide bonds. The lowest BCUT2D eigenvalue weighted by atomic mass is 9.89. The van der Waals surface area contributed by atoms with Gasteiger partial charge in [0.2, 0.25) is 33.7 Å². The summed E-state index contributed by atoms with van der Waals surface area (Å²) in [5, 5.41) is 14.4. The quantitative estimate of drug-likeness (QED) is 0.0685. The Morgan fingerprint density at radius 1 is 0.732 bits per heavy atom. The van der Waals surface area contributed by atoms with Crippen molar-refractivity contribution >= 4 is 45.5 Å². The third-order valence-corrected chi connectivity index (χ3v) is 18.2. The number of carbonyl (C=O) groups is 6. The molecule has 3 fully saturated rings. The van der Waals surface area contributed by atoms with Crippen molar-refractivity contribution in [2.45, 2.75) is 160 Å². The highest BCUT2D eigenvalue weighted by Crippen LogP contribution is 2.31. The maximum absolute atomic E-state index is 14.7. The molecule has 9 atom stereocenters. The number of methoxy groups -OCH3 is 2. The second kappa shape index (κ2) is 35.8. The number of ether oxygens (including phenoxy) is 6. The van der Waals surface area contributed by atoms with Crippen LogP contribution >= 0.6 is 0 Å². The monoisotopic (exact) mass is 1180 g/mol. The fourth-order valence-corrected chi connectivity index (χ4v) is 12.6. The van der Waals surface area contributed by atoms with Gasteiger partial charge < -0.3 is 58.9 Å². The average Bonchev–Trinajstić information content (AvgIpc) is 4.33. The smallest absolute Gasteiger partial charge is 0.306 e. The first kappa shape index (κ1) is 70.2. The number of hydrogen-bond donors (Lipinski definition) is 4. The van der Waals surface area contributed by atoms with Crippen molar-refractivity contribution in [1.82, 2.24) is 35.0 Å². The van der Waals surface area contributed by atoms with E-state index in [-0.39, 0.29) is 54.2 Å². The molecule has 468 valence electrons. The number of benzene rings is 1. The molecule has 0 aromatic heterocycles. The van der Waals surface area contributed by atoms with Crippen molar-refractivity contribution in [2.24, 2.45) is 29.6 Å². The first-order valence-corrected chi connectivity index (χ1v) is 31.4. The minimum Gasteiger partial charge on any atom is -0.481 e. The Hall–Kier alpha value is -4.33. The molecule has 0 radical (unpaired) electrons. The minimum atomic E-state index is -3.89.